The van der Waals surface area contributed by atoms with E-state index in [1.165, 1.54) is 11.0 Å². The predicted molar refractivity (Wildman–Crippen MR) is 122 cm³/mol. The van der Waals surface area contributed by atoms with Crippen molar-refractivity contribution in [1.82, 2.24) is 15.5 Å². The van der Waals surface area contributed by atoms with Crippen LogP contribution in [0.15, 0.2) is 24.3 Å². The number of amides is 3. The average molecular weight is 448 g/mol. The summed E-state index contributed by atoms with van der Waals surface area (Å²) in [7, 11) is 0. The number of aromatic hydroxyl groups is 1. The molecule has 1 aromatic rings. The first-order valence-electron chi connectivity index (χ1n) is 11.4. The van der Waals surface area contributed by atoms with Crippen LogP contribution in [0.2, 0.25) is 0 Å². The lowest BCUT2D eigenvalue weighted by Gasteiger charge is -2.43. The van der Waals surface area contributed by atoms with Gasteiger partial charge in [-0.1, -0.05) is 31.5 Å². The molecule has 3 amide bonds. The number of rotatable bonds is 9. The Morgan fingerprint density at radius 3 is 2.41 bits per heavy atom. The zero-order valence-electron chi connectivity index (χ0n) is 19.8. The van der Waals surface area contributed by atoms with Gasteiger partial charge in [0, 0.05) is 18.2 Å². The molecule has 1 aliphatic carbocycles. The van der Waals surface area contributed by atoms with Gasteiger partial charge in [-0.3, -0.25) is 9.59 Å². The topological polar surface area (TPSA) is 108 Å². The molecule has 0 spiro atoms. The number of nitrogens with zero attached hydrogens (tertiary/aromatic N) is 1. The minimum Gasteiger partial charge on any atom is -0.508 e. The highest BCUT2D eigenvalue weighted by atomic mass is 16.6. The first-order chi connectivity index (χ1) is 15.0. The fourth-order valence-corrected chi connectivity index (χ4v) is 3.57. The van der Waals surface area contributed by atoms with Gasteiger partial charge in [0.05, 0.1) is 0 Å². The number of phenols is 1. The highest BCUT2D eigenvalue weighted by Gasteiger charge is 2.41. The van der Waals surface area contributed by atoms with Crippen molar-refractivity contribution in [3.05, 3.63) is 29.8 Å². The van der Waals surface area contributed by atoms with E-state index in [0.29, 0.717) is 12.1 Å². The second-order valence-corrected chi connectivity index (χ2v) is 9.30. The van der Waals surface area contributed by atoms with E-state index in [4.69, 9.17) is 4.74 Å². The number of phenolic OH excluding ortho intramolecular Hbond substituents is 1. The number of hydrogen-bond acceptors (Lipinski definition) is 5. The molecular formula is C24H37N3O5. The van der Waals surface area contributed by atoms with Gasteiger partial charge in [-0.15, -0.1) is 0 Å². The van der Waals surface area contributed by atoms with Crippen LogP contribution in [-0.4, -0.2) is 52.1 Å². The third kappa shape index (κ3) is 6.87. The van der Waals surface area contributed by atoms with Crippen LogP contribution >= 0.6 is 0 Å². The normalized spacial score (nSPS) is 15.8. The molecule has 2 unspecified atom stereocenters. The van der Waals surface area contributed by atoms with Crippen molar-refractivity contribution in [3.63, 3.8) is 0 Å². The molecule has 1 saturated carbocycles. The van der Waals surface area contributed by atoms with Crippen molar-refractivity contribution < 1.29 is 24.2 Å². The lowest BCUT2D eigenvalue weighted by atomic mass is 9.88. The van der Waals surface area contributed by atoms with Crippen molar-refractivity contribution in [1.29, 1.82) is 0 Å². The Morgan fingerprint density at radius 2 is 1.88 bits per heavy atom. The van der Waals surface area contributed by atoms with Crippen molar-refractivity contribution in [2.75, 3.05) is 6.54 Å². The van der Waals surface area contributed by atoms with Gasteiger partial charge in [0.2, 0.25) is 11.8 Å². The summed E-state index contributed by atoms with van der Waals surface area (Å²) in [6.45, 7) is 9.32. The highest BCUT2D eigenvalue weighted by molar-refractivity contribution is 5.92. The Labute approximate surface area is 190 Å². The van der Waals surface area contributed by atoms with Crippen LogP contribution in [0.4, 0.5) is 4.79 Å². The van der Waals surface area contributed by atoms with Crippen LogP contribution in [0.25, 0.3) is 0 Å². The molecule has 0 aliphatic heterocycles. The molecule has 8 nitrogen and oxygen atoms in total. The first-order valence-corrected chi connectivity index (χ1v) is 11.4. The van der Waals surface area contributed by atoms with Gasteiger partial charge in [-0.25, -0.2) is 4.79 Å². The van der Waals surface area contributed by atoms with Gasteiger partial charge in [0.25, 0.3) is 0 Å². The van der Waals surface area contributed by atoms with E-state index >= 15 is 0 Å². The zero-order valence-corrected chi connectivity index (χ0v) is 19.8. The summed E-state index contributed by atoms with van der Waals surface area (Å²) in [5.41, 5.74) is -0.330. The molecule has 3 N–H and O–H groups in total. The number of ether oxygens (including phenoxy) is 1. The standard InChI is InChI=1S/C24H37N3O5/c1-6-7-15-25-21(29)20(18-13-8-9-14-19(18)28)27(17-11-10-12-17)22(30)16(2)26-23(31)32-24(3,4)5/h8-9,13-14,16-17,20,28H,6-7,10-12,15H2,1-5H3,(H,25,29)(H,26,31). The lowest BCUT2D eigenvalue weighted by molar-refractivity contribution is -0.147. The van der Waals surface area contributed by atoms with Crippen LogP contribution < -0.4 is 10.6 Å². The van der Waals surface area contributed by atoms with Crippen molar-refractivity contribution in [3.8, 4) is 5.75 Å². The molecule has 1 aromatic carbocycles. The monoisotopic (exact) mass is 447 g/mol. The quantitative estimate of drug-likeness (QED) is 0.501. The van der Waals surface area contributed by atoms with Crippen LogP contribution in [0.3, 0.4) is 0 Å². The van der Waals surface area contributed by atoms with E-state index in [1.807, 2.05) is 6.92 Å². The average Bonchev–Trinajstić information content (AvgIpc) is 2.65. The van der Waals surface area contributed by atoms with E-state index in [0.717, 1.165) is 32.1 Å². The number of unbranched alkanes of at least 4 members (excludes halogenated alkanes) is 1. The Bertz CT molecular complexity index is 801. The summed E-state index contributed by atoms with van der Waals surface area (Å²) in [4.78, 5) is 40.6. The zero-order chi connectivity index (χ0) is 23.9. The second kappa shape index (κ2) is 11.2. The van der Waals surface area contributed by atoms with Gasteiger partial charge in [0.15, 0.2) is 0 Å². The Kier molecular flexibility index (Phi) is 8.92. The van der Waals surface area contributed by atoms with Crippen LogP contribution in [0, 0.1) is 0 Å². The van der Waals surface area contributed by atoms with Gasteiger partial charge >= 0.3 is 6.09 Å². The van der Waals surface area contributed by atoms with Crippen LogP contribution in [-0.2, 0) is 14.3 Å². The molecule has 2 atom stereocenters. The van der Waals surface area contributed by atoms with Crippen molar-refractivity contribution >= 4 is 17.9 Å². The molecule has 8 heteroatoms. The Morgan fingerprint density at radius 1 is 1.22 bits per heavy atom. The lowest BCUT2D eigenvalue weighted by Crippen LogP contribution is -2.56. The van der Waals surface area contributed by atoms with Gasteiger partial charge in [-0.2, -0.15) is 0 Å². The Hall–Kier alpha value is -2.77. The van der Waals surface area contributed by atoms with Gasteiger partial charge in [0.1, 0.15) is 23.4 Å². The maximum absolute atomic E-state index is 13.5. The Balaban J connectivity index is 2.34. The summed E-state index contributed by atoms with van der Waals surface area (Å²) in [5, 5.41) is 16.0. The number of alkyl carbamates (subject to hydrolysis) is 1. The van der Waals surface area contributed by atoms with Gasteiger partial charge in [-0.05, 0) is 59.4 Å². The summed E-state index contributed by atoms with van der Waals surface area (Å²) in [5.74, 6) is -0.780. The van der Waals surface area contributed by atoms with Crippen LogP contribution in [0.5, 0.6) is 5.75 Å². The van der Waals surface area contributed by atoms with E-state index in [2.05, 4.69) is 10.6 Å². The van der Waals surface area contributed by atoms with E-state index in [9.17, 15) is 19.5 Å². The maximum atomic E-state index is 13.5. The molecule has 0 radical (unpaired) electrons. The van der Waals surface area contributed by atoms with Crippen LogP contribution in [0.1, 0.15) is 78.3 Å². The van der Waals surface area contributed by atoms with E-state index in [-0.39, 0.29) is 23.6 Å². The fourth-order valence-electron chi connectivity index (χ4n) is 3.57. The molecule has 0 heterocycles. The minimum absolute atomic E-state index is 0.0481. The molecule has 0 aromatic heterocycles. The summed E-state index contributed by atoms with van der Waals surface area (Å²) < 4.78 is 5.28. The van der Waals surface area contributed by atoms with Gasteiger partial charge < -0.3 is 25.4 Å². The molecule has 0 saturated heterocycles. The highest BCUT2D eigenvalue weighted by Crippen LogP contribution is 2.36. The first kappa shape index (κ1) is 25.5. The summed E-state index contributed by atoms with van der Waals surface area (Å²) in [6, 6.07) is 4.53. The maximum Gasteiger partial charge on any atom is 0.408 e. The molecule has 32 heavy (non-hydrogen) atoms. The molecule has 178 valence electrons. The smallest absolute Gasteiger partial charge is 0.408 e. The molecule has 0 bridgehead atoms. The number of hydrogen-bond donors (Lipinski definition) is 3. The molecule has 1 fully saturated rings. The van der Waals surface area contributed by atoms with E-state index < -0.39 is 23.8 Å². The fraction of sp³-hybridized carbons (Fsp3) is 0.625. The third-order valence-corrected chi connectivity index (χ3v) is 5.41. The molecule has 1 aliphatic rings. The number of para-hydroxylation sites is 1. The minimum atomic E-state index is -0.992. The molecular weight excluding hydrogens is 410 g/mol. The second-order valence-electron chi connectivity index (χ2n) is 9.30. The number of carbonyl (C=O) groups is 3. The predicted octanol–water partition coefficient (Wildman–Crippen LogP) is 3.64. The SMILES string of the molecule is CCCCNC(=O)C(c1ccccc1O)N(C(=O)C(C)NC(=O)OC(C)(C)C)C1CCC1. The van der Waals surface area contributed by atoms with Crippen molar-refractivity contribution in [2.45, 2.75) is 90.4 Å². The number of nitrogens with one attached hydrogen (secondary N) is 2. The number of benzene rings is 1. The summed E-state index contributed by atoms with van der Waals surface area (Å²) >= 11 is 0. The van der Waals surface area contributed by atoms with E-state index in [1.54, 1.807) is 45.9 Å². The third-order valence-electron chi connectivity index (χ3n) is 5.41. The largest absolute Gasteiger partial charge is 0.508 e. The summed E-state index contributed by atoms with van der Waals surface area (Å²) in [6.07, 6.45) is 3.51. The molecule has 2 rings (SSSR count). The number of carbonyl (C=O) groups excluding carboxylic acids is 3. The van der Waals surface area contributed by atoms with Crippen molar-refractivity contribution in [2.24, 2.45) is 0 Å².